The first-order valence-electron chi connectivity index (χ1n) is 3.77. The van der Waals surface area contributed by atoms with Gasteiger partial charge in [0.2, 0.25) is 5.91 Å². The number of carbonyl (C=O) groups is 3. The van der Waals surface area contributed by atoms with Gasteiger partial charge in [-0.2, -0.15) is 0 Å². The molecule has 0 aromatic rings. The van der Waals surface area contributed by atoms with Gasteiger partial charge in [0.1, 0.15) is 0 Å². The zero-order valence-electron chi connectivity index (χ0n) is 8.13. The lowest BCUT2D eigenvalue weighted by Crippen LogP contribution is -2.46. The van der Waals surface area contributed by atoms with E-state index in [1.54, 1.807) is 0 Å². The lowest BCUT2D eigenvalue weighted by Gasteiger charge is -2.22. The van der Waals surface area contributed by atoms with Crippen LogP contribution in [-0.2, 0) is 19.1 Å². The van der Waals surface area contributed by atoms with Crippen molar-refractivity contribution in [3.63, 3.8) is 0 Å². The van der Waals surface area contributed by atoms with Crippen molar-refractivity contribution in [2.45, 2.75) is 33.3 Å². The Bertz CT molecular complexity index is 245. The summed E-state index contributed by atoms with van der Waals surface area (Å²) in [5.41, 5.74) is -1.31. The highest BCUT2D eigenvalue weighted by Gasteiger charge is 2.31. The lowest BCUT2D eigenvalue weighted by atomic mass is 10.1. The third-order valence-electron chi connectivity index (χ3n) is 1.24. The normalized spacial score (nSPS) is 10.5. The Morgan fingerprint density at radius 3 is 1.92 bits per heavy atom. The number of imide groups is 1. The van der Waals surface area contributed by atoms with Crippen LogP contribution in [0.25, 0.3) is 0 Å². The van der Waals surface area contributed by atoms with Crippen molar-refractivity contribution < 1.29 is 19.1 Å². The summed E-state index contributed by atoms with van der Waals surface area (Å²) in [7, 11) is 0. The van der Waals surface area contributed by atoms with Crippen LogP contribution in [0.5, 0.6) is 0 Å². The molecule has 0 heterocycles. The second-order valence-electron chi connectivity index (χ2n) is 3.11. The first kappa shape index (κ1) is 11.6. The highest BCUT2D eigenvalue weighted by Crippen LogP contribution is 2.08. The first-order valence-corrected chi connectivity index (χ1v) is 3.77. The Balaban J connectivity index is 4.35. The molecule has 0 saturated carbocycles. The minimum atomic E-state index is -1.31. The van der Waals surface area contributed by atoms with Crippen LogP contribution in [0.4, 0.5) is 0 Å². The summed E-state index contributed by atoms with van der Waals surface area (Å²) in [6.45, 7) is 5.23. The molecule has 0 unspecified atom stereocenters. The quantitative estimate of drug-likeness (QED) is 0.617. The second-order valence-corrected chi connectivity index (χ2v) is 3.11. The number of hydrogen-bond acceptors (Lipinski definition) is 4. The molecule has 2 amide bonds. The summed E-state index contributed by atoms with van der Waals surface area (Å²) in [4.78, 5) is 32.3. The Morgan fingerprint density at radius 1 is 1.15 bits per heavy atom. The molecule has 13 heavy (non-hydrogen) atoms. The molecule has 0 aromatic heterocycles. The Labute approximate surface area is 76.4 Å². The summed E-state index contributed by atoms with van der Waals surface area (Å²) in [6, 6.07) is 0. The molecule has 0 radical (unpaired) electrons. The smallest absolute Gasteiger partial charge is 0.303 e. The second kappa shape index (κ2) is 4.02. The molecule has 0 fully saturated rings. The van der Waals surface area contributed by atoms with E-state index >= 15 is 0 Å². The summed E-state index contributed by atoms with van der Waals surface area (Å²) in [5.74, 6) is -1.68. The van der Waals surface area contributed by atoms with Crippen molar-refractivity contribution in [2.24, 2.45) is 0 Å². The molecule has 0 bridgehead atoms. The van der Waals surface area contributed by atoms with E-state index in [-0.39, 0.29) is 0 Å². The molecule has 74 valence electrons. The Hall–Kier alpha value is -1.39. The van der Waals surface area contributed by atoms with E-state index in [1.165, 1.54) is 27.7 Å². The predicted octanol–water partition coefficient (Wildman–Crippen LogP) is -0.00920. The highest BCUT2D eigenvalue weighted by molar-refractivity contribution is 5.98. The topological polar surface area (TPSA) is 72.5 Å². The van der Waals surface area contributed by atoms with Gasteiger partial charge in [0.15, 0.2) is 5.60 Å². The zero-order valence-corrected chi connectivity index (χ0v) is 8.13. The number of amides is 2. The van der Waals surface area contributed by atoms with E-state index in [0.29, 0.717) is 0 Å². The maximum Gasteiger partial charge on any atom is 0.303 e. The molecule has 5 nitrogen and oxygen atoms in total. The molecule has 0 atom stereocenters. The van der Waals surface area contributed by atoms with Crippen LogP contribution in [0.1, 0.15) is 27.7 Å². The molecule has 0 spiro atoms. The van der Waals surface area contributed by atoms with Crippen molar-refractivity contribution in [1.82, 2.24) is 5.32 Å². The van der Waals surface area contributed by atoms with Crippen LogP contribution in [0.2, 0.25) is 0 Å². The molecule has 5 heteroatoms. The van der Waals surface area contributed by atoms with Crippen LogP contribution in [0, 0.1) is 0 Å². The van der Waals surface area contributed by atoms with E-state index in [1.807, 2.05) is 5.32 Å². The molecule has 0 aliphatic rings. The van der Waals surface area contributed by atoms with Crippen molar-refractivity contribution in [3.8, 4) is 0 Å². The number of carbonyl (C=O) groups excluding carboxylic acids is 3. The number of nitrogens with one attached hydrogen (secondary N) is 1. The molecule has 0 aliphatic carbocycles. The SMILES string of the molecule is CC(=O)NC(=O)C(C)(C)OC(C)=O. The fourth-order valence-electron chi connectivity index (χ4n) is 0.716. The van der Waals surface area contributed by atoms with E-state index in [4.69, 9.17) is 4.74 Å². The summed E-state index contributed by atoms with van der Waals surface area (Å²) in [6.07, 6.45) is 0. The van der Waals surface area contributed by atoms with Gasteiger partial charge in [-0.3, -0.25) is 19.7 Å². The lowest BCUT2D eigenvalue weighted by molar-refractivity contribution is -0.163. The number of ether oxygens (including phenoxy) is 1. The molecular formula is C8H13NO4. The fourth-order valence-corrected chi connectivity index (χ4v) is 0.716. The average Bonchev–Trinajstić information content (AvgIpc) is 1.81. The Morgan fingerprint density at radius 2 is 1.62 bits per heavy atom. The van der Waals surface area contributed by atoms with E-state index < -0.39 is 23.4 Å². The van der Waals surface area contributed by atoms with Crippen molar-refractivity contribution >= 4 is 17.8 Å². The molecule has 1 N–H and O–H groups in total. The highest BCUT2D eigenvalue weighted by atomic mass is 16.6. The van der Waals surface area contributed by atoms with Gasteiger partial charge >= 0.3 is 5.97 Å². The van der Waals surface area contributed by atoms with Crippen LogP contribution in [0.3, 0.4) is 0 Å². The van der Waals surface area contributed by atoms with Crippen LogP contribution in [0.15, 0.2) is 0 Å². The number of hydrogen-bond donors (Lipinski definition) is 1. The van der Waals surface area contributed by atoms with Gasteiger partial charge in [0.05, 0.1) is 0 Å². The predicted molar refractivity (Wildman–Crippen MR) is 44.7 cm³/mol. The van der Waals surface area contributed by atoms with Crippen LogP contribution in [-0.4, -0.2) is 23.4 Å². The maximum absolute atomic E-state index is 11.2. The van der Waals surface area contributed by atoms with Gasteiger partial charge in [-0.15, -0.1) is 0 Å². The van der Waals surface area contributed by atoms with E-state index in [2.05, 4.69) is 0 Å². The number of esters is 1. The third kappa shape index (κ3) is 4.25. The molecule has 0 saturated heterocycles. The van der Waals surface area contributed by atoms with Gasteiger partial charge < -0.3 is 4.74 Å². The standard InChI is InChI=1S/C8H13NO4/c1-5(10)9-7(12)8(3,4)13-6(2)11/h1-4H3,(H,9,10,12). The van der Waals surface area contributed by atoms with E-state index in [9.17, 15) is 14.4 Å². The zero-order chi connectivity index (χ0) is 10.6. The molecule has 0 rings (SSSR count). The van der Waals surface area contributed by atoms with Gasteiger partial charge in [-0.1, -0.05) is 0 Å². The van der Waals surface area contributed by atoms with E-state index in [0.717, 1.165) is 0 Å². The number of rotatable bonds is 2. The average molecular weight is 187 g/mol. The summed E-state index contributed by atoms with van der Waals surface area (Å²) >= 11 is 0. The molecule has 0 aliphatic heterocycles. The minimum Gasteiger partial charge on any atom is -0.450 e. The van der Waals surface area contributed by atoms with Crippen LogP contribution >= 0.6 is 0 Å². The van der Waals surface area contributed by atoms with Crippen molar-refractivity contribution in [2.75, 3.05) is 0 Å². The maximum atomic E-state index is 11.2. The van der Waals surface area contributed by atoms with Gasteiger partial charge in [0.25, 0.3) is 5.91 Å². The monoisotopic (exact) mass is 187 g/mol. The van der Waals surface area contributed by atoms with Gasteiger partial charge in [-0.05, 0) is 13.8 Å². The van der Waals surface area contributed by atoms with Crippen molar-refractivity contribution in [1.29, 1.82) is 0 Å². The minimum absolute atomic E-state index is 0.481. The molecule has 0 aromatic carbocycles. The van der Waals surface area contributed by atoms with Gasteiger partial charge in [-0.25, -0.2) is 0 Å². The van der Waals surface area contributed by atoms with Gasteiger partial charge in [0, 0.05) is 13.8 Å². The largest absolute Gasteiger partial charge is 0.450 e. The van der Waals surface area contributed by atoms with Crippen LogP contribution < -0.4 is 5.32 Å². The van der Waals surface area contributed by atoms with Crippen molar-refractivity contribution in [3.05, 3.63) is 0 Å². The summed E-state index contributed by atoms with van der Waals surface area (Å²) in [5, 5.41) is 2.03. The third-order valence-corrected chi connectivity index (χ3v) is 1.24. The molecular weight excluding hydrogens is 174 g/mol. The first-order chi connectivity index (χ1) is 5.75. The summed E-state index contributed by atoms with van der Waals surface area (Å²) < 4.78 is 4.70. The Kier molecular flexibility index (Phi) is 3.59. The fraction of sp³-hybridized carbons (Fsp3) is 0.625.